The van der Waals surface area contributed by atoms with Crippen molar-refractivity contribution in [3.05, 3.63) is 34.7 Å². The minimum absolute atomic E-state index is 0.0463. The van der Waals surface area contributed by atoms with Gasteiger partial charge < -0.3 is 9.52 Å². The molecule has 1 N–H and O–H groups in total. The third-order valence-electron chi connectivity index (χ3n) is 3.15. The quantitative estimate of drug-likeness (QED) is 0.910. The van der Waals surface area contributed by atoms with Crippen LogP contribution in [0, 0.1) is 12.3 Å². The molecule has 0 spiro atoms. The van der Waals surface area contributed by atoms with E-state index in [0.29, 0.717) is 23.2 Å². The third-order valence-corrected chi connectivity index (χ3v) is 3.38. The molecule has 0 unspecified atom stereocenters. The number of halogens is 1. The molecule has 0 radical (unpaired) electrons. The van der Waals surface area contributed by atoms with Gasteiger partial charge in [0.05, 0.1) is 6.42 Å². The van der Waals surface area contributed by atoms with Gasteiger partial charge in [-0.1, -0.05) is 25.4 Å². The fourth-order valence-electron chi connectivity index (χ4n) is 2.18. The van der Waals surface area contributed by atoms with E-state index in [2.05, 4.69) is 10.2 Å². The summed E-state index contributed by atoms with van der Waals surface area (Å²) in [7, 11) is 0. The van der Waals surface area contributed by atoms with E-state index in [-0.39, 0.29) is 6.42 Å². The fourth-order valence-corrected chi connectivity index (χ4v) is 2.41. The van der Waals surface area contributed by atoms with Crippen LogP contribution in [0.5, 0.6) is 0 Å². The first-order chi connectivity index (χ1) is 9.77. The van der Waals surface area contributed by atoms with Crippen LogP contribution in [0.2, 0.25) is 5.02 Å². The van der Waals surface area contributed by atoms with Gasteiger partial charge in [0.1, 0.15) is 0 Å². The molecule has 0 saturated heterocycles. The minimum atomic E-state index is -0.840. The molecule has 1 aromatic carbocycles. The Labute approximate surface area is 128 Å². The van der Waals surface area contributed by atoms with Gasteiger partial charge in [0.15, 0.2) is 0 Å². The van der Waals surface area contributed by atoms with E-state index in [0.717, 1.165) is 11.1 Å². The maximum atomic E-state index is 10.8. The van der Waals surface area contributed by atoms with E-state index in [9.17, 15) is 4.79 Å². The van der Waals surface area contributed by atoms with Crippen molar-refractivity contribution < 1.29 is 14.3 Å². The monoisotopic (exact) mass is 308 g/mol. The lowest BCUT2D eigenvalue weighted by Crippen LogP contribution is -2.19. The molecule has 5 nitrogen and oxygen atoms in total. The Morgan fingerprint density at radius 2 is 2.10 bits per heavy atom. The lowest BCUT2D eigenvalue weighted by atomic mass is 9.86. The average molecular weight is 309 g/mol. The van der Waals surface area contributed by atoms with Gasteiger partial charge in [0, 0.05) is 17.0 Å². The molecule has 21 heavy (non-hydrogen) atoms. The van der Waals surface area contributed by atoms with E-state index in [1.54, 1.807) is 6.07 Å². The SMILES string of the molecule is Cc1cc(Cl)ccc1-c1nnc(CC(C)(C)CC(=O)O)o1. The maximum absolute atomic E-state index is 10.8. The Hall–Kier alpha value is -1.88. The van der Waals surface area contributed by atoms with Gasteiger partial charge in [-0.15, -0.1) is 10.2 Å². The highest BCUT2D eigenvalue weighted by Gasteiger charge is 2.25. The molecule has 0 aliphatic heterocycles. The number of rotatable bonds is 5. The van der Waals surface area contributed by atoms with E-state index < -0.39 is 11.4 Å². The molecule has 0 aliphatic carbocycles. The van der Waals surface area contributed by atoms with E-state index >= 15 is 0 Å². The molecule has 2 rings (SSSR count). The first-order valence-corrected chi connectivity index (χ1v) is 6.95. The molecule has 0 fully saturated rings. The summed E-state index contributed by atoms with van der Waals surface area (Å²) >= 11 is 5.92. The molecule has 0 bridgehead atoms. The van der Waals surface area contributed by atoms with Crippen molar-refractivity contribution in [3.8, 4) is 11.5 Å². The zero-order valence-electron chi connectivity index (χ0n) is 12.2. The Kier molecular flexibility index (Phi) is 4.32. The lowest BCUT2D eigenvalue weighted by Gasteiger charge is -2.19. The highest BCUT2D eigenvalue weighted by Crippen LogP contribution is 2.29. The predicted molar refractivity (Wildman–Crippen MR) is 79.2 cm³/mol. The van der Waals surface area contributed by atoms with Crippen molar-refractivity contribution in [2.45, 2.75) is 33.6 Å². The van der Waals surface area contributed by atoms with Crippen molar-refractivity contribution in [1.29, 1.82) is 0 Å². The molecule has 6 heteroatoms. The van der Waals surface area contributed by atoms with E-state index in [1.165, 1.54) is 0 Å². The molecule has 0 aliphatic rings. The number of hydrogen-bond acceptors (Lipinski definition) is 4. The second-order valence-electron chi connectivity index (χ2n) is 5.87. The summed E-state index contributed by atoms with van der Waals surface area (Å²) in [4.78, 5) is 10.8. The molecule has 1 heterocycles. The number of nitrogens with zero attached hydrogens (tertiary/aromatic N) is 2. The zero-order chi connectivity index (χ0) is 15.6. The number of carbonyl (C=O) groups is 1. The normalized spacial score (nSPS) is 11.6. The van der Waals surface area contributed by atoms with Gasteiger partial charge in [0.2, 0.25) is 11.8 Å². The van der Waals surface area contributed by atoms with Crippen LogP contribution in [-0.2, 0) is 11.2 Å². The summed E-state index contributed by atoms with van der Waals surface area (Å²) in [6, 6.07) is 5.43. The van der Waals surface area contributed by atoms with Gasteiger partial charge in [0.25, 0.3) is 0 Å². The highest BCUT2D eigenvalue weighted by molar-refractivity contribution is 6.30. The largest absolute Gasteiger partial charge is 0.481 e. The van der Waals surface area contributed by atoms with Crippen LogP contribution in [0.3, 0.4) is 0 Å². The molecule has 0 saturated carbocycles. The predicted octanol–water partition coefficient (Wildman–Crippen LogP) is 3.74. The number of aliphatic carboxylic acids is 1. The third kappa shape index (κ3) is 4.04. The van der Waals surface area contributed by atoms with Crippen LogP contribution in [-0.4, -0.2) is 21.3 Å². The molecule has 0 atom stereocenters. The molecule has 0 amide bonds. The van der Waals surface area contributed by atoms with Crippen LogP contribution < -0.4 is 0 Å². The van der Waals surface area contributed by atoms with E-state index in [1.807, 2.05) is 32.9 Å². The maximum Gasteiger partial charge on any atom is 0.303 e. The van der Waals surface area contributed by atoms with Crippen LogP contribution in [0.1, 0.15) is 31.7 Å². The topological polar surface area (TPSA) is 76.2 Å². The Morgan fingerprint density at radius 1 is 1.38 bits per heavy atom. The van der Waals surface area contributed by atoms with Crippen molar-refractivity contribution >= 4 is 17.6 Å². The molecule has 2 aromatic rings. The Balaban J connectivity index is 2.20. The summed E-state index contributed by atoms with van der Waals surface area (Å²) < 4.78 is 5.65. The summed E-state index contributed by atoms with van der Waals surface area (Å²) in [6.07, 6.45) is 0.462. The summed E-state index contributed by atoms with van der Waals surface area (Å²) in [6.45, 7) is 5.64. The van der Waals surface area contributed by atoms with Crippen molar-refractivity contribution in [1.82, 2.24) is 10.2 Å². The van der Waals surface area contributed by atoms with Gasteiger partial charge in [-0.25, -0.2) is 0 Å². The first-order valence-electron chi connectivity index (χ1n) is 6.57. The average Bonchev–Trinajstić information content (AvgIpc) is 2.74. The van der Waals surface area contributed by atoms with Crippen molar-refractivity contribution in [2.24, 2.45) is 5.41 Å². The molecule has 1 aromatic heterocycles. The number of carboxylic acids is 1. The van der Waals surface area contributed by atoms with Crippen LogP contribution in [0.25, 0.3) is 11.5 Å². The first kappa shape index (κ1) is 15.5. The number of benzene rings is 1. The summed E-state index contributed by atoms with van der Waals surface area (Å²) in [5, 5.41) is 17.6. The van der Waals surface area contributed by atoms with Crippen molar-refractivity contribution in [2.75, 3.05) is 0 Å². The second kappa shape index (κ2) is 5.85. The molecular formula is C15H17ClN2O3. The molecule has 112 valence electrons. The van der Waals surface area contributed by atoms with Gasteiger partial charge in [-0.05, 0) is 36.1 Å². The number of aryl methyl sites for hydroxylation is 1. The standard InChI is InChI=1S/C15H17ClN2O3/c1-9-6-10(16)4-5-11(9)14-18-17-12(21-14)7-15(2,3)8-13(19)20/h4-6H,7-8H2,1-3H3,(H,19,20). The zero-order valence-corrected chi connectivity index (χ0v) is 12.9. The Bertz CT molecular complexity index is 665. The number of aromatic nitrogens is 2. The summed E-state index contributed by atoms with van der Waals surface area (Å²) in [5.74, 6) is 0.0178. The number of carboxylic acid groups (broad SMARTS) is 1. The van der Waals surface area contributed by atoms with Crippen LogP contribution in [0.4, 0.5) is 0 Å². The van der Waals surface area contributed by atoms with Crippen LogP contribution >= 0.6 is 11.6 Å². The second-order valence-corrected chi connectivity index (χ2v) is 6.31. The van der Waals surface area contributed by atoms with Gasteiger partial charge in [-0.3, -0.25) is 4.79 Å². The fraction of sp³-hybridized carbons (Fsp3) is 0.400. The highest BCUT2D eigenvalue weighted by atomic mass is 35.5. The van der Waals surface area contributed by atoms with E-state index in [4.69, 9.17) is 21.1 Å². The van der Waals surface area contributed by atoms with Crippen molar-refractivity contribution in [3.63, 3.8) is 0 Å². The smallest absolute Gasteiger partial charge is 0.303 e. The van der Waals surface area contributed by atoms with Gasteiger partial charge >= 0.3 is 5.97 Å². The number of hydrogen-bond donors (Lipinski definition) is 1. The minimum Gasteiger partial charge on any atom is -0.481 e. The van der Waals surface area contributed by atoms with Gasteiger partial charge in [-0.2, -0.15) is 0 Å². The Morgan fingerprint density at radius 3 is 2.71 bits per heavy atom. The molecular weight excluding hydrogens is 292 g/mol. The van der Waals surface area contributed by atoms with Crippen LogP contribution in [0.15, 0.2) is 22.6 Å². The summed E-state index contributed by atoms with van der Waals surface area (Å²) in [5.41, 5.74) is 1.33. The lowest BCUT2D eigenvalue weighted by molar-refractivity contribution is -0.139.